The van der Waals surface area contributed by atoms with Gasteiger partial charge in [-0.1, -0.05) is 42.5 Å². The number of carbonyl (C=O) groups excluding carboxylic acids is 2. The zero-order chi connectivity index (χ0) is 17.2. The van der Waals surface area contributed by atoms with Crippen molar-refractivity contribution >= 4 is 28.8 Å². The largest absolute Gasteiger partial charge is 0.348 e. The van der Waals surface area contributed by atoms with Gasteiger partial charge in [0, 0.05) is 23.2 Å². The Morgan fingerprint density at radius 2 is 1.96 bits per heavy atom. The van der Waals surface area contributed by atoms with Crippen molar-refractivity contribution in [3.05, 3.63) is 76.0 Å². The van der Waals surface area contributed by atoms with Gasteiger partial charge in [-0.3, -0.25) is 9.59 Å². The second-order valence-corrected chi connectivity index (χ2v) is 6.71. The Kier molecular flexibility index (Phi) is 4.07. The monoisotopic (exact) mass is 348 g/mol. The quantitative estimate of drug-likeness (QED) is 0.753. The molecule has 1 aromatic heterocycles. The molecule has 0 aliphatic carbocycles. The van der Waals surface area contributed by atoms with E-state index in [2.05, 4.69) is 10.6 Å². The first-order valence-corrected chi connectivity index (χ1v) is 8.96. The van der Waals surface area contributed by atoms with Crippen LogP contribution in [0.15, 0.2) is 59.3 Å². The van der Waals surface area contributed by atoms with Crippen molar-refractivity contribution in [2.45, 2.75) is 13.0 Å². The summed E-state index contributed by atoms with van der Waals surface area (Å²) in [5, 5.41) is 9.66. The molecule has 0 radical (unpaired) electrons. The fraction of sp³-hybridized carbons (Fsp3) is 0.100. The number of thiophene rings is 1. The molecule has 0 bridgehead atoms. The van der Waals surface area contributed by atoms with Gasteiger partial charge in [0.25, 0.3) is 5.91 Å². The van der Waals surface area contributed by atoms with Crippen LogP contribution in [0.3, 0.4) is 0 Å². The fourth-order valence-corrected chi connectivity index (χ4v) is 3.82. The van der Waals surface area contributed by atoms with E-state index in [1.165, 1.54) is 11.3 Å². The Bertz CT molecular complexity index is 947. The third-order valence-corrected chi connectivity index (χ3v) is 4.98. The number of carbonyl (C=O) groups is 2. The van der Waals surface area contributed by atoms with Crippen molar-refractivity contribution in [2.24, 2.45) is 0 Å². The van der Waals surface area contributed by atoms with Crippen molar-refractivity contribution in [3.63, 3.8) is 0 Å². The lowest BCUT2D eigenvalue weighted by atomic mass is 10.0. The highest BCUT2D eigenvalue weighted by Crippen LogP contribution is 2.27. The molecular weight excluding hydrogens is 332 g/mol. The predicted octanol–water partition coefficient (Wildman–Crippen LogP) is 3.84. The molecule has 1 aliphatic rings. The minimum absolute atomic E-state index is 0.0157. The third-order valence-electron chi connectivity index (χ3n) is 4.24. The SMILES string of the molecule is O=C1Cc2cc(CNC(=O)c3cscc3-c3ccccc3)ccc2N1. The van der Waals surface area contributed by atoms with E-state index < -0.39 is 0 Å². The molecule has 0 saturated heterocycles. The van der Waals surface area contributed by atoms with Gasteiger partial charge < -0.3 is 10.6 Å². The molecule has 4 nitrogen and oxygen atoms in total. The molecule has 1 aliphatic heterocycles. The van der Waals surface area contributed by atoms with E-state index in [9.17, 15) is 9.59 Å². The van der Waals surface area contributed by atoms with Crippen LogP contribution in [0.1, 0.15) is 21.5 Å². The van der Waals surface area contributed by atoms with Gasteiger partial charge in [-0.05, 0) is 28.1 Å². The first kappa shape index (κ1) is 15.6. The summed E-state index contributed by atoms with van der Waals surface area (Å²) in [4.78, 5) is 24.0. The smallest absolute Gasteiger partial charge is 0.253 e. The highest BCUT2D eigenvalue weighted by atomic mass is 32.1. The highest BCUT2D eigenvalue weighted by Gasteiger charge is 2.18. The summed E-state index contributed by atoms with van der Waals surface area (Å²) in [5.41, 5.74) is 5.51. The number of amides is 2. The Labute approximate surface area is 149 Å². The number of anilines is 1. The Hall–Kier alpha value is -2.92. The van der Waals surface area contributed by atoms with Crippen molar-refractivity contribution in [1.82, 2.24) is 5.32 Å². The van der Waals surface area contributed by atoms with Crippen molar-refractivity contribution in [3.8, 4) is 11.1 Å². The zero-order valence-electron chi connectivity index (χ0n) is 13.4. The molecule has 0 spiro atoms. The zero-order valence-corrected chi connectivity index (χ0v) is 14.2. The van der Waals surface area contributed by atoms with Gasteiger partial charge in [0.05, 0.1) is 12.0 Å². The normalized spacial score (nSPS) is 12.6. The van der Waals surface area contributed by atoms with Crippen LogP contribution in [0.4, 0.5) is 5.69 Å². The molecule has 0 saturated carbocycles. The van der Waals surface area contributed by atoms with Crippen LogP contribution in [0.25, 0.3) is 11.1 Å². The summed E-state index contributed by atoms with van der Waals surface area (Å²) in [5.74, 6) is -0.0724. The van der Waals surface area contributed by atoms with Gasteiger partial charge in [0.15, 0.2) is 0 Å². The average Bonchev–Trinajstić information content (AvgIpc) is 3.25. The lowest BCUT2D eigenvalue weighted by Gasteiger charge is -2.08. The molecule has 25 heavy (non-hydrogen) atoms. The van der Waals surface area contributed by atoms with E-state index in [0.29, 0.717) is 18.5 Å². The molecule has 0 atom stereocenters. The summed E-state index contributed by atoms with van der Waals surface area (Å²) >= 11 is 1.52. The van der Waals surface area contributed by atoms with E-state index >= 15 is 0 Å². The number of hydrogen-bond acceptors (Lipinski definition) is 3. The van der Waals surface area contributed by atoms with Gasteiger partial charge in [-0.2, -0.15) is 11.3 Å². The van der Waals surface area contributed by atoms with Crippen LogP contribution in [0, 0.1) is 0 Å². The number of hydrogen-bond donors (Lipinski definition) is 2. The minimum Gasteiger partial charge on any atom is -0.348 e. The lowest BCUT2D eigenvalue weighted by molar-refractivity contribution is -0.115. The number of fused-ring (bicyclic) bond motifs is 1. The molecule has 4 rings (SSSR count). The highest BCUT2D eigenvalue weighted by molar-refractivity contribution is 7.08. The molecule has 2 amide bonds. The standard InChI is InChI=1S/C20H16N2O2S/c23-19-9-15-8-13(6-7-18(15)22-19)10-21-20(24)17-12-25-11-16(17)14-4-2-1-3-5-14/h1-8,11-12H,9-10H2,(H,21,24)(H,22,23). The van der Waals surface area contributed by atoms with Crippen LogP contribution in [-0.4, -0.2) is 11.8 Å². The average molecular weight is 348 g/mol. The van der Waals surface area contributed by atoms with Crippen LogP contribution in [0.2, 0.25) is 0 Å². The van der Waals surface area contributed by atoms with Gasteiger partial charge in [-0.15, -0.1) is 0 Å². The molecule has 2 aromatic carbocycles. The van der Waals surface area contributed by atoms with E-state index in [0.717, 1.165) is 27.9 Å². The van der Waals surface area contributed by atoms with Crippen molar-refractivity contribution in [1.29, 1.82) is 0 Å². The maximum absolute atomic E-state index is 12.6. The molecule has 2 N–H and O–H groups in total. The van der Waals surface area contributed by atoms with Gasteiger partial charge >= 0.3 is 0 Å². The fourth-order valence-electron chi connectivity index (χ4n) is 2.98. The van der Waals surface area contributed by atoms with Crippen LogP contribution in [-0.2, 0) is 17.8 Å². The number of rotatable bonds is 4. The Morgan fingerprint density at radius 1 is 1.12 bits per heavy atom. The van der Waals surface area contributed by atoms with Crippen molar-refractivity contribution in [2.75, 3.05) is 5.32 Å². The summed E-state index contributed by atoms with van der Waals surface area (Å²) in [6, 6.07) is 15.7. The molecule has 2 heterocycles. The van der Waals surface area contributed by atoms with Crippen molar-refractivity contribution < 1.29 is 9.59 Å². The lowest BCUT2D eigenvalue weighted by Crippen LogP contribution is -2.22. The Morgan fingerprint density at radius 3 is 2.80 bits per heavy atom. The van der Waals surface area contributed by atoms with E-state index in [-0.39, 0.29) is 11.8 Å². The first-order chi connectivity index (χ1) is 12.2. The summed E-state index contributed by atoms with van der Waals surface area (Å²) in [7, 11) is 0. The second kappa shape index (κ2) is 6.53. The van der Waals surface area contributed by atoms with Crippen LogP contribution in [0.5, 0.6) is 0 Å². The number of benzene rings is 2. The molecule has 3 aromatic rings. The van der Waals surface area contributed by atoms with Gasteiger partial charge in [-0.25, -0.2) is 0 Å². The van der Waals surface area contributed by atoms with Crippen LogP contribution < -0.4 is 10.6 Å². The maximum atomic E-state index is 12.6. The maximum Gasteiger partial charge on any atom is 0.253 e. The predicted molar refractivity (Wildman–Crippen MR) is 99.7 cm³/mol. The summed E-state index contributed by atoms with van der Waals surface area (Å²) in [6.07, 6.45) is 0.403. The molecule has 0 unspecified atom stereocenters. The molecular formula is C20H16N2O2S. The Balaban J connectivity index is 1.48. The van der Waals surface area contributed by atoms with Gasteiger partial charge in [0.1, 0.15) is 0 Å². The summed E-state index contributed by atoms with van der Waals surface area (Å²) < 4.78 is 0. The van der Waals surface area contributed by atoms with E-state index in [4.69, 9.17) is 0 Å². The van der Waals surface area contributed by atoms with E-state index in [1.807, 2.05) is 59.3 Å². The first-order valence-electron chi connectivity index (χ1n) is 8.02. The molecule has 0 fully saturated rings. The third kappa shape index (κ3) is 3.19. The topological polar surface area (TPSA) is 58.2 Å². The number of nitrogens with one attached hydrogen (secondary N) is 2. The minimum atomic E-state index is -0.0881. The molecule has 5 heteroatoms. The molecule has 124 valence electrons. The second-order valence-electron chi connectivity index (χ2n) is 5.96. The van der Waals surface area contributed by atoms with Crippen LogP contribution >= 0.6 is 11.3 Å². The summed E-state index contributed by atoms with van der Waals surface area (Å²) in [6.45, 7) is 0.435. The van der Waals surface area contributed by atoms with Gasteiger partial charge in [0.2, 0.25) is 5.91 Å². The van der Waals surface area contributed by atoms with E-state index in [1.54, 1.807) is 0 Å².